The molecule has 18 heavy (non-hydrogen) atoms. The molecule has 1 aliphatic rings. The predicted molar refractivity (Wildman–Crippen MR) is 70.4 cm³/mol. The zero-order chi connectivity index (χ0) is 13.0. The number of amides is 1. The first kappa shape index (κ1) is 13.1. The van der Waals surface area contributed by atoms with E-state index in [1.165, 1.54) is 0 Å². The normalized spacial score (nSPS) is 19.8. The fourth-order valence-electron chi connectivity index (χ4n) is 2.49. The molecule has 0 bridgehead atoms. The van der Waals surface area contributed by atoms with Gasteiger partial charge in [0, 0.05) is 38.6 Å². The van der Waals surface area contributed by atoms with Gasteiger partial charge in [0.1, 0.15) is 0 Å². The summed E-state index contributed by atoms with van der Waals surface area (Å²) in [6.07, 6.45) is 6.70. The molecule has 0 saturated carbocycles. The summed E-state index contributed by atoms with van der Waals surface area (Å²) >= 11 is 0. The maximum absolute atomic E-state index is 12.5. The van der Waals surface area contributed by atoms with Crippen LogP contribution in [0, 0.1) is 0 Å². The summed E-state index contributed by atoms with van der Waals surface area (Å²) in [5, 5.41) is 3.37. The smallest absolute Gasteiger partial charge is 0.290 e. The molecule has 1 saturated heterocycles. The lowest BCUT2D eigenvalue weighted by Crippen LogP contribution is -2.49. The molecule has 1 atom stereocenters. The highest BCUT2D eigenvalue weighted by molar-refractivity contribution is 5.91. The fourth-order valence-corrected chi connectivity index (χ4v) is 2.49. The van der Waals surface area contributed by atoms with Gasteiger partial charge in [-0.3, -0.25) is 4.79 Å². The Balaban J connectivity index is 2.13. The predicted octanol–water partition coefficient (Wildman–Crippen LogP) is 1.02. The van der Waals surface area contributed by atoms with Gasteiger partial charge in [-0.25, -0.2) is 4.98 Å². The molecule has 2 rings (SSSR count). The quantitative estimate of drug-likeness (QED) is 0.868. The van der Waals surface area contributed by atoms with E-state index in [1.807, 2.05) is 18.1 Å². The molecule has 5 nitrogen and oxygen atoms in total. The fraction of sp³-hybridized carbons (Fsp3) is 0.692. The van der Waals surface area contributed by atoms with Crippen molar-refractivity contribution in [3.05, 3.63) is 18.2 Å². The first-order valence-electron chi connectivity index (χ1n) is 6.73. The zero-order valence-electron chi connectivity index (χ0n) is 11.2. The molecule has 1 aromatic rings. The Hall–Kier alpha value is -1.36. The van der Waals surface area contributed by atoms with Crippen LogP contribution in [-0.4, -0.2) is 46.0 Å². The lowest BCUT2D eigenvalue weighted by molar-refractivity contribution is 0.0632. The van der Waals surface area contributed by atoms with Crippen LogP contribution >= 0.6 is 0 Å². The van der Waals surface area contributed by atoms with Gasteiger partial charge in [-0.1, -0.05) is 6.92 Å². The van der Waals surface area contributed by atoms with Gasteiger partial charge < -0.3 is 14.8 Å². The van der Waals surface area contributed by atoms with E-state index in [4.69, 9.17) is 0 Å². The number of nitrogens with one attached hydrogen (secondary N) is 1. The Morgan fingerprint density at radius 2 is 2.50 bits per heavy atom. The van der Waals surface area contributed by atoms with E-state index < -0.39 is 0 Å². The monoisotopic (exact) mass is 250 g/mol. The van der Waals surface area contributed by atoms with Crippen molar-refractivity contribution in [1.82, 2.24) is 19.8 Å². The van der Waals surface area contributed by atoms with Gasteiger partial charge in [-0.15, -0.1) is 0 Å². The highest BCUT2D eigenvalue weighted by Gasteiger charge is 2.27. The minimum atomic E-state index is 0.0538. The number of aryl methyl sites for hydroxylation is 1. The number of hydrogen-bond acceptors (Lipinski definition) is 3. The van der Waals surface area contributed by atoms with E-state index in [2.05, 4.69) is 17.2 Å². The lowest BCUT2D eigenvalue weighted by Gasteiger charge is -2.34. The molecule has 0 aliphatic carbocycles. The average Bonchev–Trinajstić information content (AvgIpc) is 2.82. The lowest BCUT2D eigenvalue weighted by atomic mass is 10.1. The molecule has 1 N–H and O–H groups in total. The van der Waals surface area contributed by atoms with Gasteiger partial charge >= 0.3 is 0 Å². The van der Waals surface area contributed by atoms with Gasteiger partial charge in [0.05, 0.1) is 0 Å². The number of rotatable bonds is 4. The average molecular weight is 250 g/mol. The van der Waals surface area contributed by atoms with Crippen LogP contribution in [0.15, 0.2) is 12.4 Å². The maximum atomic E-state index is 12.5. The molecule has 1 aliphatic heterocycles. The summed E-state index contributed by atoms with van der Waals surface area (Å²) in [6.45, 7) is 4.87. The van der Waals surface area contributed by atoms with Gasteiger partial charge in [-0.2, -0.15) is 0 Å². The zero-order valence-corrected chi connectivity index (χ0v) is 11.2. The van der Waals surface area contributed by atoms with Crippen molar-refractivity contribution in [1.29, 1.82) is 0 Å². The number of aromatic nitrogens is 2. The Morgan fingerprint density at radius 1 is 1.67 bits per heavy atom. The highest BCUT2D eigenvalue weighted by Crippen LogP contribution is 2.14. The summed E-state index contributed by atoms with van der Waals surface area (Å²) in [6, 6.07) is 0.308. The summed E-state index contributed by atoms with van der Waals surface area (Å²) in [5.74, 6) is 0.590. The Bertz CT molecular complexity index is 395. The minimum Gasteiger partial charge on any atom is -0.332 e. The van der Waals surface area contributed by atoms with Crippen LogP contribution in [-0.2, 0) is 7.05 Å². The van der Waals surface area contributed by atoms with E-state index in [0.717, 1.165) is 38.9 Å². The first-order chi connectivity index (χ1) is 8.74. The van der Waals surface area contributed by atoms with Crippen molar-refractivity contribution < 1.29 is 4.79 Å². The van der Waals surface area contributed by atoms with Crippen LogP contribution in [0.25, 0.3) is 0 Å². The van der Waals surface area contributed by atoms with E-state index in [-0.39, 0.29) is 5.91 Å². The third-order valence-corrected chi connectivity index (χ3v) is 3.45. The molecule has 1 unspecified atom stereocenters. The molecular weight excluding hydrogens is 228 g/mol. The van der Waals surface area contributed by atoms with Gasteiger partial charge in [0.15, 0.2) is 5.82 Å². The maximum Gasteiger partial charge on any atom is 0.290 e. The topological polar surface area (TPSA) is 50.2 Å². The molecular formula is C13H22N4O. The van der Waals surface area contributed by atoms with Crippen molar-refractivity contribution in [3.63, 3.8) is 0 Å². The van der Waals surface area contributed by atoms with Gasteiger partial charge in [0.25, 0.3) is 5.91 Å². The van der Waals surface area contributed by atoms with Crippen molar-refractivity contribution in [2.24, 2.45) is 7.05 Å². The van der Waals surface area contributed by atoms with Crippen molar-refractivity contribution in [2.45, 2.75) is 32.2 Å². The minimum absolute atomic E-state index is 0.0538. The van der Waals surface area contributed by atoms with Gasteiger partial charge in [-0.05, 0) is 25.8 Å². The van der Waals surface area contributed by atoms with Crippen LogP contribution in [0.2, 0.25) is 0 Å². The molecule has 2 heterocycles. The number of carbonyl (C=O) groups excluding carboxylic acids is 1. The Labute approximate surface area is 108 Å². The van der Waals surface area contributed by atoms with Crippen molar-refractivity contribution >= 4 is 5.91 Å². The molecule has 1 fully saturated rings. The van der Waals surface area contributed by atoms with Gasteiger partial charge in [0.2, 0.25) is 0 Å². The third-order valence-electron chi connectivity index (χ3n) is 3.45. The summed E-state index contributed by atoms with van der Waals surface area (Å²) in [4.78, 5) is 18.7. The Morgan fingerprint density at radius 3 is 3.06 bits per heavy atom. The first-order valence-corrected chi connectivity index (χ1v) is 6.73. The Kier molecular flexibility index (Phi) is 4.36. The van der Waals surface area contributed by atoms with E-state index in [1.54, 1.807) is 10.8 Å². The van der Waals surface area contributed by atoms with Crippen molar-refractivity contribution in [2.75, 3.05) is 19.6 Å². The molecule has 1 aromatic heterocycles. The summed E-state index contributed by atoms with van der Waals surface area (Å²) in [5.41, 5.74) is 0. The SMILES string of the molecule is CCCN(C(=O)c1nccn1C)C1CCCNC1. The van der Waals surface area contributed by atoms with Crippen LogP contribution in [0.3, 0.4) is 0 Å². The van der Waals surface area contributed by atoms with E-state index in [9.17, 15) is 4.79 Å². The second kappa shape index (κ2) is 6.00. The molecule has 5 heteroatoms. The summed E-state index contributed by atoms with van der Waals surface area (Å²) in [7, 11) is 1.86. The highest BCUT2D eigenvalue weighted by atomic mass is 16.2. The number of nitrogens with zero attached hydrogens (tertiary/aromatic N) is 3. The molecule has 0 aromatic carbocycles. The third kappa shape index (κ3) is 2.72. The molecule has 0 radical (unpaired) electrons. The number of piperidine rings is 1. The van der Waals surface area contributed by atoms with Crippen LogP contribution in [0.4, 0.5) is 0 Å². The van der Waals surface area contributed by atoms with E-state index >= 15 is 0 Å². The van der Waals surface area contributed by atoms with Crippen LogP contribution in [0.1, 0.15) is 36.8 Å². The van der Waals surface area contributed by atoms with Crippen LogP contribution < -0.4 is 5.32 Å². The second-order valence-electron chi connectivity index (χ2n) is 4.86. The van der Waals surface area contributed by atoms with E-state index in [0.29, 0.717) is 11.9 Å². The molecule has 100 valence electrons. The summed E-state index contributed by atoms with van der Waals surface area (Å²) < 4.78 is 1.79. The number of hydrogen-bond donors (Lipinski definition) is 1. The standard InChI is InChI=1S/C13H22N4O/c1-3-8-17(11-5-4-6-14-10-11)13(18)12-15-7-9-16(12)2/h7,9,11,14H,3-6,8,10H2,1-2H3. The number of imidazole rings is 1. The van der Waals surface area contributed by atoms with Crippen molar-refractivity contribution in [3.8, 4) is 0 Å². The molecule has 1 amide bonds. The molecule has 0 spiro atoms. The largest absolute Gasteiger partial charge is 0.332 e. The number of carbonyl (C=O) groups is 1. The second-order valence-corrected chi connectivity index (χ2v) is 4.86. The van der Waals surface area contributed by atoms with Crippen LogP contribution in [0.5, 0.6) is 0 Å².